The summed E-state index contributed by atoms with van der Waals surface area (Å²) in [5.74, 6) is 0. The lowest BCUT2D eigenvalue weighted by Crippen LogP contribution is -2.27. The fourth-order valence-corrected chi connectivity index (χ4v) is 6.50. The normalized spacial score (nSPS) is 17.0. The van der Waals surface area contributed by atoms with E-state index in [1.54, 1.807) is 0 Å². The van der Waals surface area contributed by atoms with Gasteiger partial charge in [0.25, 0.3) is 0 Å². The van der Waals surface area contributed by atoms with Gasteiger partial charge in [-0.1, -0.05) is 123 Å². The molecule has 1 heterocycles. The first-order valence-electron chi connectivity index (χ1n) is 11.8. The smallest absolute Gasteiger partial charge is 0.214 e. The molecule has 1 aliphatic rings. The van der Waals surface area contributed by atoms with Gasteiger partial charge in [0.15, 0.2) is 0 Å². The molecule has 0 aromatic rings. The van der Waals surface area contributed by atoms with Gasteiger partial charge in [0.2, 0.25) is 9.04 Å². The summed E-state index contributed by atoms with van der Waals surface area (Å²) in [5, 5.41) is 0. The van der Waals surface area contributed by atoms with E-state index in [0.717, 1.165) is 12.1 Å². The van der Waals surface area contributed by atoms with Gasteiger partial charge in [-0.2, -0.15) is 0 Å². The zero-order valence-corrected chi connectivity index (χ0v) is 18.6. The highest BCUT2D eigenvalue weighted by atomic mass is 28.3. The lowest BCUT2D eigenvalue weighted by Gasteiger charge is -2.25. The van der Waals surface area contributed by atoms with Crippen molar-refractivity contribution >= 4 is 9.04 Å². The lowest BCUT2D eigenvalue weighted by molar-refractivity contribution is 0.278. The molecule has 1 saturated heterocycles. The van der Waals surface area contributed by atoms with Crippen molar-refractivity contribution in [2.75, 3.05) is 6.61 Å². The highest BCUT2D eigenvalue weighted by Crippen LogP contribution is 2.26. The van der Waals surface area contributed by atoms with Crippen molar-refractivity contribution in [2.45, 2.75) is 141 Å². The van der Waals surface area contributed by atoms with E-state index >= 15 is 0 Å². The minimum atomic E-state index is -0.444. The third-order valence-electron chi connectivity index (χ3n) is 5.90. The Morgan fingerprint density at radius 3 is 1.60 bits per heavy atom. The molecular formula is C23H47OSi. The summed E-state index contributed by atoms with van der Waals surface area (Å²) in [6.07, 6.45) is 26.1. The van der Waals surface area contributed by atoms with Crippen molar-refractivity contribution in [2.24, 2.45) is 0 Å². The van der Waals surface area contributed by atoms with E-state index < -0.39 is 9.04 Å². The maximum atomic E-state index is 6.02. The highest BCUT2D eigenvalue weighted by molar-refractivity contribution is 6.53. The van der Waals surface area contributed by atoms with Crippen LogP contribution in [0.1, 0.15) is 129 Å². The van der Waals surface area contributed by atoms with Crippen LogP contribution in [0.25, 0.3) is 0 Å². The van der Waals surface area contributed by atoms with Gasteiger partial charge in [-0.3, -0.25) is 0 Å². The van der Waals surface area contributed by atoms with Gasteiger partial charge >= 0.3 is 0 Å². The maximum absolute atomic E-state index is 6.02. The Balaban J connectivity index is 1.73. The molecule has 1 rings (SSSR count). The Hall–Kier alpha value is 0.177. The van der Waals surface area contributed by atoms with Crippen molar-refractivity contribution in [1.82, 2.24) is 0 Å². The lowest BCUT2D eigenvalue weighted by atomic mass is 10.0. The van der Waals surface area contributed by atoms with Crippen LogP contribution in [0.15, 0.2) is 0 Å². The summed E-state index contributed by atoms with van der Waals surface area (Å²) >= 11 is 0. The van der Waals surface area contributed by atoms with Crippen molar-refractivity contribution in [1.29, 1.82) is 0 Å². The zero-order valence-electron chi connectivity index (χ0n) is 17.6. The maximum Gasteiger partial charge on any atom is 0.214 e. The molecular weight excluding hydrogens is 320 g/mol. The van der Waals surface area contributed by atoms with Gasteiger partial charge in [-0.15, -0.1) is 0 Å². The van der Waals surface area contributed by atoms with E-state index in [9.17, 15) is 0 Å². The summed E-state index contributed by atoms with van der Waals surface area (Å²) in [6.45, 7) is 5.80. The molecule has 1 nitrogen and oxygen atoms in total. The summed E-state index contributed by atoms with van der Waals surface area (Å²) in [5.41, 5.74) is 0.882. The molecule has 1 atom stereocenters. The average molecular weight is 368 g/mol. The molecule has 1 unspecified atom stereocenters. The molecule has 1 radical (unpaired) electrons. The molecule has 0 bridgehead atoms. The standard InChI is InChI=1S/C23H47OSi/c1-3-4-5-6-7-8-9-10-11-12-13-14-15-16-17-20-23(2)25-22-19-18-21-24-25/h23H,3-22H2,1-2H3. The number of hydrogen-bond donors (Lipinski definition) is 0. The van der Waals surface area contributed by atoms with Gasteiger partial charge in [-0.25, -0.2) is 0 Å². The fourth-order valence-electron chi connectivity index (χ4n) is 4.05. The van der Waals surface area contributed by atoms with Gasteiger partial charge < -0.3 is 4.43 Å². The molecule has 0 aromatic heterocycles. The molecule has 1 fully saturated rings. The SMILES string of the molecule is CCCCCCCCCCCCCCCCCC(C)[Si]1CCCCO1. The second-order valence-electron chi connectivity index (χ2n) is 8.41. The third-order valence-corrected chi connectivity index (χ3v) is 8.70. The number of rotatable bonds is 17. The Morgan fingerprint density at radius 2 is 1.16 bits per heavy atom. The van der Waals surface area contributed by atoms with Crippen LogP contribution in [-0.4, -0.2) is 15.6 Å². The van der Waals surface area contributed by atoms with Crippen molar-refractivity contribution in [3.05, 3.63) is 0 Å². The van der Waals surface area contributed by atoms with Crippen LogP contribution in [0.2, 0.25) is 11.6 Å². The molecule has 0 aliphatic carbocycles. The number of unbranched alkanes of at least 4 members (excludes halogenated alkanes) is 14. The monoisotopic (exact) mass is 367 g/mol. The zero-order chi connectivity index (χ0) is 18.0. The molecule has 149 valence electrons. The summed E-state index contributed by atoms with van der Waals surface area (Å²) in [7, 11) is -0.444. The second kappa shape index (κ2) is 17.6. The molecule has 0 saturated carbocycles. The van der Waals surface area contributed by atoms with Crippen molar-refractivity contribution in [3.8, 4) is 0 Å². The van der Waals surface area contributed by atoms with Gasteiger partial charge in [0.05, 0.1) is 0 Å². The largest absolute Gasteiger partial charge is 0.416 e. The number of hydrogen-bond acceptors (Lipinski definition) is 1. The minimum Gasteiger partial charge on any atom is -0.416 e. The Labute approximate surface area is 161 Å². The van der Waals surface area contributed by atoms with E-state index in [4.69, 9.17) is 4.43 Å². The van der Waals surface area contributed by atoms with Crippen LogP contribution in [0, 0.1) is 0 Å². The van der Waals surface area contributed by atoms with Gasteiger partial charge in [0, 0.05) is 6.61 Å². The molecule has 1 aliphatic heterocycles. The third kappa shape index (κ3) is 14.0. The Kier molecular flexibility index (Phi) is 16.3. The molecule has 0 N–H and O–H groups in total. The average Bonchev–Trinajstić information content (AvgIpc) is 2.65. The van der Waals surface area contributed by atoms with E-state index in [-0.39, 0.29) is 0 Å². The second-order valence-corrected chi connectivity index (χ2v) is 11.1. The van der Waals surface area contributed by atoms with Gasteiger partial charge in [-0.05, 0) is 18.0 Å². The summed E-state index contributed by atoms with van der Waals surface area (Å²) in [6, 6.07) is 1.41. The predicted octanol–water partition coefficient (Wildman–Crippen LogP) is 8.44. The highest BCUT2D eigenvalue weighted by Gasteiger charge is 2.23. The van der Waals surface area contributed by atoms with Crippen LogP contribution in [0.5, 0.6) is 0 Å². The first-order valence-corrected chi connectivity index (χ1v) is 13.5. The van der Waals surface area contributed by atoms with Crippen LogP contribution in [-0.2, 0) is 4.43 Å². The minimum absolute atomic E-state index is 0.444. The molecule has 0 amide bonds. The van der Waals surface area contributed by atoms with Crippen molar-refractivity contribution < 1.29 is 4.43 Å². The van der Waals surface area contributed by atoms with Crippen LogP contribution in [0.3, 0.4) is 0 Å². The van der Waals surface area contributed by atoms with E-state index in [0.29, 0.717) is 0 Å². The van der Waals surface area contributed by atoms with Crippen LogP contribution >= 0.6 is 0 Å². The Bertz CT molecular complexity index is 263. The Morgan fingerprint density at radius 1 is 0.680 bits per heavy atom. The quantitative estimate of drug-likeness (QED) is 0.185. The molecule has 0 aromatic carbocycles. The molecule has 2 heteroatoms. The first kappa shape index (κ1) is 23.2. The van der Waals surface area contributed by atoms with E-state index in [2.05, 4.69) is 13.8 Å². The topological polar surface area (TPSA) is 9.23 Å². The van der Waals surface area contributed by atoms with Crippen LogP contribution in [0.4, 0.5) is 0 Å². The summed E-state index contributed by atoms with van der Waals surface area (Å²) < 4.78 is 6.02. The van der Waals surface area contributed by atoms with E-state index in [1.165, 1.54) is 122 Å². The fraction of sp³-hybridized carbons (Fsp3) is 1.00. The predicted molar refractivity (Wildman–Crippen MR) is 115 cm³/mol. The summed E-state index contributed by atoms with van der Waals surface area (Å²) in [4.78, 5) is 0. The van der Waals surface area contributed by atoms with Crippen LogP contribution < -0.4 is 0 Å². The first-order chi connectivity index (χ1) is 12.3. The van der Waals surface area contributed by atoms with E-state index in [1.807, 2.05) is 0 Å². The molecule has 0 spiro atoms. The molecule has 25 heavy (non-hydrogen) atoms. The van der Waals surface area contributed by atoms with Crippen molar-refractivity contribution in [3.63, 3.8) is 0 Å². The van der Waals surface area contributed by atoms with Gasteiger partial charge in [0.1, 0.15) is 0 Å².